The molecule has 0 aromatic heterocycles. The maximum atomic E-state index is 11.1. The maximum Gasteiger partial charge on any atom is 0.221 e. The fourth-order valence-corrected chi connectivity index (χ4v) is 2.46. The fraction of sp³-hybridized carbons (Fsp3) is 0.500. The number of nitrogens with one attached hydrogen (secondary N) is 2. The Bertz CT molecular complexity index is 462. The molecule has 0 saturated heterocycles. The number of hydrogen-bond acceptors (Lipinski definition) is 4. The molecule has 19 heavy (non-hydrogen) atoms. The first-order chi connectivity index (χ1) is 9.08. The van der Waals surface area contributed by atoms with E-state index in [0.29, 0.717) is 23.5 Å². The summed E-state index contributed by atoms with van der Waals surface area (Å²) in [5.74, 6) is 0.545. The van der Waals surface area contributed by atoms with E-state index in [1.165, 1.54) is 6.92 Å². The van der Waals surface area contributed by atoms with Gasteiger partial charge in [-0.25, -0.2) is 0 Å². The van der Waals surface area contributed by atoms with E-state index in [2.05, 4.69) is 10.6 Å². The second kappa shape index (κ2) is 5.93. The van der Waals surface area contributed by atoms with E-state index in [1.54, 1.807) is 7.11 Å². The van der Waals surface area contributed by atoms with Crippen LogP contribution in [-0.4, -0.2) is 25.1 Å². The molecular formula is C14H21N3O2. The molecule has 4 N–H and O–H groups in total. The van der Waals surface area contributed by atoms with E-state index in [-0.39, 0.29) is 5.91 Å². The van der Waals surface area contributed by atoms with Crippen LogP contribution in [0, 0.1) is 0 Å². The molecule has 1 amide bonds. The molecule has 1 aliphatic carbocycles. The smallest absolute Gasteiger partial charge is 0.221 e. The largest absolute Gasteiger partial charge is 0.494 e. The third-order valence-corrected chi connectivity index (χ3v) is 3.36. The minimum Gasteiger partial charge on any atom is -0.494 e. The minimum atomic E-state index is -0.110. The van der Waals surface area contributed by atoms with Crippen LogP contribution in [0.2, 0.25) is 0 Å². The first-order valence-corrected chi connectivity index (χ1v) is 6.56. The SMILES string of the molecule is COc1cc(NC2CCC(N)C2)ccc1NC(C)=O. The molecule has 104 valence electrons. The first-order valence-electron chi connectivity index (χ1n) is 6.56. The van der Waals surface area contributed by atoms with Gasteiger partial charge in [0, 0.05) is 30.8 Å². The second-order valence-electron chi connectivity index (χ2n) is 5.01. The highest BCUT2D eigenvalue weighted by Crippen LogP contribution is 2.30. The van der Waals surface area contributed by atoms with Crippen molar-refractivity contribution in [2.24, 2.45) is 5.73 Å². The van der Waals surface area contributed by atoms with Crippen LogP contribution in [0.25, 0.3) is 0 Å². The Morgan fingerprint density at radius 2 is 2.21 bits per heavy atom. The maximum absolute atomic E-state index is 11.1. The van der Waals surface area contributed by atoms with Crippen LogP contribution in [-0.2, 0) is 4.79 Å². The van der Waals surface area contributed by atoms with Crippen molar-refractivity contribution in [2.45, 2.75) is 38.3 Å². The van der Waals surface area contributed by atoms with Crippen molar-refractivity contribution < 1.29 is 9.53 Å². The first kappa shape index (κ1) is 13.7. The average molecular weight is 263 g/mol. The summed E-state index contributed by atoms with van der Waals surface area (Å²) >= 11 is 0. The molecule has 1 aromatic carbocycles. The highest BCUT2D eigenvalue weighted by molar-refractivity contribution is 5.90. The van der Waals surface area contributed by atoms with Crippen LogP contribution in [0.5, 0.6) is 5.75 Å². The quantitative estimate of drug-likeness (QED) is 0.776. The van der Waals surface area contributed by atoms with Gasteiger partial charge in [-0.3, -0.25) is 4.79 Å². The Morgan fingerprint density at radius 3 is 2.79 bits per heavy atom. The lowest BCUT2D eigenvalue weighted by atomic mass is 10.2. The molecule has 2 unspecified atom stereocenters. The predicted octanol–water partition coefficient (Wildman–Crippen LogP) is 1.95. The number of methoxy groups -OCH3 is 1. The molecule has 1 fully saturated rings. The van der Waals surface area contributed by atoms with Crippen LogP contribution in [0.1, 0.15) is 26.2 Å². The third-order valence-electron chi connectivity index (χ3n) is 3.36. The summed E-state index contributed by atoms with van der Waals surface area (Å²) in [5.41, 5.74) is 7.58. The molecule has 1 aliphatic rings. The van der Waals surface area contributed by atoms with E-state index < -0.39 is 0 Å². The summed E-state index contributed by atoms with van der Waals surface area (Å²) in [4.78, 5) is 11.1. The molecule has 2 rings (SSSR count). The number of carbonyl (C=O) groups is 1. The number of benzene rings is 1. The topological polar surface area (TPSA) is 76.4 Å². The van der Waals surface area contributed by atoms with Crippen LogP contribution >= 0.6 is 0 Å². The van der Waals surface area contributed by atoms with Crippen molar-refractivity contribution >= 4 is 17.3 Å². The Kier molecular flexibility index (Phi) is 4.27. The zero-order valence-electron chi connectivity index (χ0n) is 11.4. The molecule has 0 aliphatic heterocycles. The lowest BCUT2D eigenvalue weighted by Gasteiger charge is -2.16. The zero-order chi connectivity index (χ0) is 13.8. The highest BCUT2D eigenvalue weighted by Gasteiger charge is 2.21. The van der Waals surface area contributed by atoms with E-state index in [9.17, 15) is 4.79 Å². The van der Waals surface area contributed by atoms with E-state index in [4.69, 9.17) is 10.5 Å². The summed E-state index contributed by atoms with van der Waals surface area (Å²) in [6.07, 6.45) is 3.16. The highest BCUT2D eigenvalue weighted by atomic mass is 16.5. The standard InChI is InChI=1S/C14H21N3O2/c1-9(18)16-13-6-5-12(8-14(13)19-2)17-11-4-3-10(15)7-11/h5-6,8,10-11,17H,3-4,7,15H2,1-2H3,(H,16,18). The van der Waals surface area contributed by atoms with Crippen molar-refractivity contribution in [3.05, 3.63) is 18.2 Å². The second-order valence-corrected chi connectivity index (χ2v) is 5.01. The summed E-state index contributed by atoms with van der Waals surface area (Å²) < 4.78 is 5.29. The molecule has 0 spiro atoms. The molecule has 0 heterocycles. The van der Waals surface area contributed by atoms with Gasteiger partial charge in [-0.15, -0.1) is 0 Å². The van der Waals surface area contributed by atoms with Gasteiger partial charge in [-0.05, 0) is 31.4 Å². The van der Waals surface area contributed by atoms with E-state index in [1.807, 2.05) is 18.2 Å². The number of ether oxygens (including phenoxy) is 1. The molecular weight excluding hydrogens is 242 g/mol. The van der Waals surface area contributed by atoms with Crippen molar-refractivity contribution in [3.63, 3.8) is 0 Å². The van der Waals surface area contributed by atoms with Crippen molar-refractivity contribution in [3.8, 4) is 5.75 Å². The van der Waals surface area contributed by atoms with Gasteiger partial charge in [0.2, 0.25) is 5.91 Å². The number of carbonyl (C=O) groups excluding carboxylic acids is 1. The number of anilines is 2. The predicted molar refractivity (Wildman–Crippen MR) is 76.5 cm³/mol. The third kappa shape index (κ3) is 3.61. The number of amides is 1. The van der Waals surface area contributed by atoms with Gasteiger partial charge in [0.1, 0.15) is 5.75 Å². The number of nitrogens with two attached hydrogens (primary N) is 1. The normalized spacial score (nSPS) is 22.1. The van der Waals surface area contributed by atoms with Crippen molar-refractivity contribution in [1.29, 1.82) is 0 Å². The Morgan fingerprint density at radius 1 is 1.42 bits per heavy atom. The number of hydrogen-bond donors (Lipinski definition) is 3. The fourth-order valence-electron chi connectivity index (χ4n) is 2.46. The summed E-state index contributed by atoms with van der Waals surface area (Å²) in [6, 6.07) is 6.41. The van der Waals surface area contributed by atoms with Crippen molar-refractivity contribution in [1.82, 2.24) is 0 Å². The molecule has 5 heteroatoms. The Hall–Kier alpha value is -1.75. The van der Waals surface area contributed by atoms with Crippen LogP contribution in [0.3, 0.4) is 0 Å². The summed E-state index contributed by atoms with van der Waals surface area (Å²) in [7, 11) is 1.59. The number of rotatable bonds is 4. The molecule has 1 aromatic rings. The molecule has 0 radical (unpaired) electrons. The van der Waals surface area contributed by atoms with Gasteiger partial charge in [-0.2, -0.15) is 0 Å². The molecule has 0 bridgehead atoms. The van der Waals surface area contributed by atoms with E-state index >= 15 is 0 Å². The van der Waals surface area contributed by atoms with Gasteiger partial charge < -0.3 is 21.1 Å². The van der Waals surface area contributed by atoms with Gasteiger partial charge in [0.05, 0.1) is 12.8 Å². The van der Waals surface area contributed by atoms with Crippen LogP contribution in [0.4, 0.5) is 11.4 Å². The van der Waals surface area contributed by atoms with Crippen LogP contribution < -0.4 is 21.1 Å². The molecule has 1 saturated carbocycles. The zero-order valence-corrected chi connectivity index (χ0v) is 11.4. The minimum absolute atomic E-state index is 0.110. The Labute approximate surface area is 113 Å². The van der Waals surface area contributed by atoms with Gasteiger partial charge in [-0.1, -0.05) is 0 Å². The van der Waals surface area contributed by atoms with Crippen molar-refractivity contribution in [2.75, 3.05) is 17.7 Å². The monoisotopic (exact) mass is 263 g/mol. The molecule has 5 nitrogen and oxygen atoms in total. The Balaban J connectivity index is 2.08. The molecule has 2 atom stereocenters. The lowest BCUT2D eigenvalue weighted by Crippen LogP contribution is -2.20. The van der Waals surface area contributed by atoms with Gasteiger partial charge >= 0.3 is 0 Å². The summed E-state index contributed by atoms with van der Waals surface area (Å²) in [6.45, 7) is 1.48. The van der Waals surface area contributed by atoms with Gasteiger partial charge in [0.25, 0.3) is 0 Å². The van der Waals surface area contributed by atoms with Crippen LogP contribution in [0.15, 0.2) is 18.2 Å². The average Bonchev–Trinajstić information content (AvgIpc) is 2.76. The van der Waals surface area contributed by atoms with Gasteiger partial charge in [0.15, 0.2) is 0 Å². The lowest BCUT2D eigenvalue weighted by molar-refractivity contribution is -0.114. The van der Waals surface area contributed by atoms with E-state index in [0.717, 1.165) is 24.9 Å². The summed E-state index contributed by atoms with van der Waals surface area (Å²) in [5, 5.41) is 6.19.